The third-order valence-electron chi connectivity index (χ3n) is 2.91. The maximum atomic E-state index is 6.12. The molecule has 18 heavy (non-hydrogen) atoms. The molecule has 0 aliphatic carbocycles. The van der Waals surface area contributed by atoms with E-state index in [9.17, 15) is 0 Å². The topological polar surface area (TPSA) is 12.0 Å². The summed E-state index contributed by atoms with van der Waals surface area (Å²) in [7, 11) is 0. The van der Waals surface area contributed by atoms with Gasteiger partial charge in [0.2, 0.25) is 0 Å². The summed E-state index contributed by atoms with van der Waals surface area (Å²) in [6.07, 6.45) is 0. The standard InChI is InChI=1S/C15H15Cl2N/c1-11(12-6-4-7-14(16)9-12)18-10-13-5-2-3-8-15(13)17/h2-9,11,18H,10H2,1H3/t11-/m1/s1. The van der Waals surface area contributed by atoms with Crippen LogP contribution in [0.3, 0.4) is 0 Å². The largest absolute Gasteiger partial charge is 0.306 e. The van der Waals surface area contributed by atoms with Gasteiger partial charge in [0, 0.05) is 22.6 Å². The molecule has 0 unspecified atom stereocenters. The van der Waals surface area contributed by atoms with E-state index in [0.717, 1.165) is 22.2 Å². The van der Waals surface area contributed by atoms with Gasteiger partial charge in [-0.15, -0.1) is 0 Å². The molecule has 0 saturated heterocycles. The lowest BCUT2D eigenvalue weighted by Crippen LogP contribution is -2.18. The molecular weight excluding hydrogens is 265 g/mol. The Morgan fingerprint density at radius 2 is 1.83 bits per heavy atom. The van der Waals surface area contributed by atoms with Crippen molar-refractivity contribution in [2.24, 2.45) is 0 Å². The highest BCUT2D eigenvalue weighted by molar-refractivity contribution is 6.31. The predicted octanol–water partition coefficient (Wildman–Crippen LogP) is 4.84. The normalized spacial score (nSPS) is 12.4. The molecule has 0 aliphatic rings. The van der Waals surface area contributed by atoms with Crippen molar-refractivity contribution >= 4 is 23.2 Å². The van der Waals surface area contributed by atoms with Gasteiger partial charge in [-0.05, 0) is 36.2 Å². The summed E-state index contributed by atoms with van der Waals surface area (Å²) in [6, 6.07) is 16.0. The van der Waals surface area contributed by atoms with Crippen LogP contribution in [0.25, 0.3) is 0 Å². The van der Waals surface area contributed by atoms with Gasteiger partial charge >= 0.3 is 0 Å². The number of rotatable bonds is 4. The van der Waals surface area contributed by atoms with Crippen LogP contribution >= 0.6 is 23.2 Å². The zero-order chi connectivity index (χ0) is 13.0. The molecule has 0 spiro atoms. The van der Waals surface area contributed by atoms with E-state index in [-0.39, 0.29) is 6.04 Å². The highest BCUT2D eigenvalue weighted by atomic mass is 35.5. The molecule has 0 saturated carbocycles. The van der Waals surface area contributed by atoms with Gasteiger partial charge in [0.1, 0.15) is 0 Å². The third-order valence-corrected chi connectivity index (χ3v) is 3.51. The number of halogens is 2. The molecule has 3 heteroatoms. The van der Waals surface area contributed by atoms with Crippen molar-refractivity contribution in [2.75, 3.05) is 0 Å². The molecule has 2 rings (SSSR count). The number of benzene rings is 2. The number of nitrogens with one attached hydrogen (secondary N) is 1. The average molecular weight is 280 g/mol. The quantitative estimate of drug-likeness (QED) is 0.844. The summed E-state index contributed by atoms with van der Waals surface area (Å²) in [5, 5.41) is 5.00. The third kappa shape index (κ3) is 3.49. The van der Waals surface area contributed by atoms with Crippen molar-refractivity contribution in [3.8, 4) is 0 Å². The summed E-state index contributed by atoms with van der Waals surface area (Å²) in [6.45, 7) is 2.86. The van der Waals surface area contributed by atoms with Crippen LogP contribution in [0.1, 0.15) is 24.1 Å². The molecule has 0 fully saturated rings. The lowest BCUT2D eigenvalue weighted by molar-refractivity contribution is 0.575. The minimum Gasteiger partial charge on any atom is -0.306 e. The maximum Gasteiger partial charge on any atom is 0.0450 e. The van der Waals surface area contributed by atoms with Crippen LogP contribution in [0.4, 0.5) is 0 Å². The zero-order valence-corrected chi connectivity index (χ0v) is 11.7. The average Bonchev–Trinajstić information content (AvgIpc) is 2.37. The van der Waals surface area contributed by atoms with Gasteiger partial charge in [0.05, 0.1) is 0 Å². The first-order valence-electron chi connectivity index (χ1n) is 5.89. The molecular formula is C15H15Cl2N. The fourth-order valence-corrected chi connectivity index (χ4v) is 2.20. The van der Waals surface area contributed by atoms with Gasteiger partial charge in [-0.3, -0.25) is 0 Å². The Morgan fingerprint density at radius 3 is 2.56 bits per heavy atom. The Morgan fingerprint density at radius 1 is 1.06 bits per heavy atom. The van der Waals surface area contributed by atoms with Gasteiger partial charge in [-0.2, -0.15) is 0 Å². The molecule has 0 heterocycles. The molecule has 0 amide bonds. The summed E-state index contributed by atoms with van der Waals surface area (Å²) in [5.41, 5.74) is 2.28. The second-order valence-corrected chi connectivity index (χ2v) is 5.09. The highest BCUT2D eigenvalue weighted by Gasteiger charge is 2.06. The predicted molar refractivity (Wildman–Crippen MR) is 78.2 cm³/mol. The molecule has 2 aromatic carbocycles. The van der Waals surface area contributed by atoms with Crippen molar-refractivity contribution in [3.63, 3.8) is 0 Å². The van der Waals surface area contributed by atoms with Crippen LogP contribution in [0.2, 0.25) is 10.0 Å². The molecule has 0 aromatic heterocycles. The van der Waals surface area contributed by atoms with Gasteiger partial charge < -0.3 is 5.32 Å². The number of hydrogen-bond donors (Lipinski definition) is 1. The van der Waals surface area contributed by atoms with E-state index in [1.54, 1.807) is 0 Å². The fourth-order valence-electron chi connectivity index (χ4n) is 1.80. The molecule has 1 N–H and O–H groups in total. The second-order valence-electron chi connectivity index (χ2n) is 4.25. The van der Waals surface area contributed by atoms with Crippen molar-refractivity contribution < 1.29 is 0 Å². The summed E-state index contributed by atoms with van der Waals surface area (Å²) in [5.74, 6) is 0. The van der Waals surface area contributed by atoms with Gasteiger partial charge in [-0.25, -0.2) is 0 Å². The molecule has 2 aromatic rings. The summed E-state index contributed by atoms with van der Waals surface area (Å²) < 4.78 is 0. The first-order valence-corrected chi connectivity index (χ1v) is 6.64. The number of hydrogen-bond acceptors (Lipinski definition) is 1. The van der Waals surface area contributed by atoms with Crippen molar-refractivity contribution in [3.05, 3.63) is 69.7 Å². The lowest BCUT2D eigenvalue weighted by atomic mass is 10.1. The Balaban J connectivity index is 2.00. The summed E-state index contributed by atoms with van der Waals surface area (Å²) >= 11 is 12.1. The minimum atomic E-state index is 0.236. The van der Waals surface area contributed by atoms with Gasteiger partial charge in [0.25, 0.3) is 0 Å². The molecule has 0 radical (unpaired) electrons. The van der Waals surface area contributed by atoms with Crippen LogP contribution in [0, 0.1) is 0 Å². The molecule has 1 nitrogen and oxygen atoms in total. The SMILES string of the molecule is C[C@@H](NCc1ccccc1Cl)c1cccc(Cl)c1. The lowest BCUT2D eigenvalue weighted by Gasteiger charge is -2.15. The van der Waals surface area contributed by atoms with E-state index < -0.39 is 0 Å². The first kappa shape index (κ1) is 13.4. The summed E-state index contributed by atoms with van der Waals surface area (Å²) in [4.78, 5) is 0. The maximum absolute atomic E-state index is 6.12. The van der Waals surface area contributed by atoms with E-state index >= 15 is 0 Å². The minimum absolute atomic E-state index is 0.236. The molecule has 0 aliphatic heterocycles. The van der Waals surface area contributed by atoms with Crippen LogP contribution in [-0.2, 0) is 6.54 Å². The molecule has 1 atom stereocenters. The van der Waals surface area contributed by atoms with Crippen molar-refractivity contribution in [1.82, 2.24) is 5.32 Å². The second kappa shape index (κ2) is 6.24. The fraction of sp³-hybridized carbons (Fsp3) is 0.200. The monoisotopic (exact) mass is 279 g/mol. The van der Waals surface area contributed by atoms with E-state index in [2.05, 4.69) is 18.3 Å². The van der Waals surface area contributed by atoms with Crippen LogP contribution < -0.4 is 5.32 Å². The highest BCUT2D eigenvalue weighted by Crippen LogP contribution is 2.19. The van der Waals surface area contributed by atoms with E-state index in [1.165, 1.54) is 5.56 Å². The Labute approximate surface area is 118 Å². The zero-order valence-electron chi connectivity index (χ0n) is 10.2. The molecule has 0 bridgehead atoms. The van der Waals surface area contributed by atoms with Crippen LogP contribution in [-0.4, -0.2) is 0 Å². The van der Waals surface area contributed by atoms with Gasteiger partial charge in [-0.1, -0.05) is 53.5 Å². The van der Waals surface area contributed by atoms with E-state index in [1.807, 2.05) is 42.5 Å². The van der Waals surface area contributed by atoms with E-state index in [0.29, 0.717) is 0 Å². The van der Waals surface area contributed by atoms with Crippen molar-refractivity contribution in [2.45, 2.75) is 19.5 Å². The smallest absolute Gasteiger partial charge is 0.0450 e. The van der Waals surface area contributed by atoms with Crippen LogP contribution in [0.5, 0.6) is 0 Å². The Hall–Kier alpha value is -1.02. The van der Waals surface area contributed by atoms with Crippen molar-refractivity contribution in [1.29, 1.82) is 0 Å². The Bertz CT molecular complexity index is 525. The Kier molecular flexibility index (Phi) is 4.65. The van der Waals surface area contributed by atoms with E-state index in [4.69, 9.17) is 23.2 Å². The van der Waals surface area contributed by atoms with Gasteiger partial charge in [0.15, 0.2) is 0 Å². The molecule has 94 valence electrons. The first-order chi connectivity index (χ1) is 8.66. The van der Waals surface area contributed by atoms with Crippen LogP contribution in [0.15, 0.2) is 48.5 Å².